The highest BCUT2D eigenvalue weighted by Gasteiger charge is 2.52. The Labute approximate surface area is 100 Å². The van der Waals surface area contributed by atoms with Crippen molar-refractivity contribution in [3.63, 3.8) is 0 Å². The Kier molecular flexibility index (Phi) is 2.46. The van der Waals surface area contributed by atoms with Gasteiger partial charge in [-0.3, -0.25) is 5.01 Å². The number of amides is 3. The van der Waals surface area contributed by atoms with Gasteiger partial charge >= 0.3 is 12.1 Å². The van der Waals surface area contributed by atoms with Crippen molar-refractivity contribution < 1.29 is 14.3 Å². The predicted molar refractivity (Wildman–Crippen MR) is 60.0 cm³/mol. The quantitative estimate of drug-likeness (QED) is 0.631. The summed E-state index contributed by atoms with van der Waals surface area (Å²) in [4.78, 5) is 24.6. The van der Waals surface area contributed by atoms with E-state index in [4.69, 9.17) is 4.74 Å². The van der Waals surface area contributed by atoms with Gasteiger partial charge in [-0.05, 0) is 20.8 Å². The highest BCUT2D eigenvalue weighted by atomic mass is 16.6. The fourth-order valence-corrected chi connectivity index (χ4v) is 1.90. The summed E-state index contributed by atoms with van der Waals surface area (Å²) in [5.74, 6) is 0. The van der Waals surface area contributed by atoms with Crippen LogP contribution in [-0.4, -0.2) is 53.4 Å². The lowest BCUT2D eigenvalue weighted by molar-refractivity contribution is -0.0235. The van der Waals surface area contributed by atoms with E-state index in [0.717, 1.165) is 0 Å². The van der Waals surface area contributed by atoms with Gasteiger partial charge in [-0.25, -0.2) is 15.0 Å². The van der Waals surface area contributed by atoms with Gasteiger partial charge in [-0.15, -0.1) is 0 Å². The molecule has 2 rings (SSSR count). The summed E-state index contributed by atoms with van der Waals surface area (Å²) in [7, 11) is 1.64. The monoisotopic (exact) mass is 242 g/mol. The van der Waals surface area contributed by atoms with E-state index >= 15 is 0 Å². The Morgan fingerprint density at radius 1 is 1.41 bits per heavy atom. The smallest absolute Gasteiger partial charge is 0.410 e. The second kappa shape index (κ2) is 3.49. The standard InChI is InChI=1S/C10H18N4O3/c1-9(2,3)17-8(16)14-5-10(6-14)11-7(15)13(4)12-10/h12H,5-6H2,1-4H3,(H,11,15). The van der Waals surface area contributed by atoms with Crippen molar-refractivity contribution in [2.75, 3.05) is 20.1 Å². The molecule has 0 atom stereocenters. The van der Waals surface area contributed by atoms with Gasteiger partial charge in [0.2, 0.25) is 0 Å². The molecule has 3 amide bonds. The van der Waals surface area contributed by atoms with Gasteiger partial charge in [-0.2, -0.15) is 0 Å². The minimum atomic E-state index is -0.511. The van der Waals surface area contributed by atoms with E-state index < -0.39 is 11.3 Å². The summed E-state index contributed by atoms with van der Waals surface area (Å²) in [5, 5.41) is 4.17. The molecule has 0 bridgehead atoms. The molecule has 7 heteroatoms. The number of nitrogens with zero attached hydrogens (tertiary/aromatic N) is 2. The van der Waals surface area contributed by atoms with Crippen LogP contribution in [0.1, 0.15) is 20.8 Å². The fourth-order valence-electron chi connectivity index (χ4n) is 1.90. The zero-order chi connectivity index (χ0) is 12.8. The summed E-state index contributed by atoms with van der Waals surface area (Å²) in [6.45, 7) is 6.30. The number of rotatable bonds is 0. The van der Waals surface area contributed by atoms with Crippen molar-refractivity contribution in [1.82, 2.24) is 20.7 Å². The maximum absolute atomic E-state index is 11.7. The molecule has 2 aliphatic heterocycles. The molecule has 0 saturated carbocycles. The van der Waals surface area contributed by atoms with Gasteiger partial charge in [0.1, 0.15) is 11.3 Å². The topological polar surface area (TPSA) is 73.9 Å². The third-order valence-electron chi connectivity index (χ3n) is 2.61. The highest BCUT2D eigenvalue weighted by molar-refractivity contribution is 5.78. The van der Waals surface area contributed by atoms with Crippen LogP contribution in [0.2, 0.25) is 0 Å². The van der Waals surface area contributed by atoms with E-state index in [1.165, 1.54) is 5.01 Å². The number of urea groups is 1. The van der Waals surface area contributed by atoms with Crippen molar-refractivity contribution in [1.29, 1.82) is 0 Å². The Morgan fingerprint density at radius 3 is 2.41 bits per heavy atom. The average molecular weight is 242 g/mol. The zero-order valence-electron chi connectivity index (χ0n) is 10.5. The number of carbonyl (C=O) groups is 2. The number of ether oxygens (including phenoxy) is 1. The molecular weight excluding hydrogens is 224 g/mol. The predicted octanol–water partition coefficient (Wildman–Crippen LogP) is 0.0930. The Balaban J connectivity index is 1.87. The minimum absolute atomic E-state index is 0.186. The number of likely N-dealkylation sites (tertiary alicyclic amines) is 1. The maximum Gasteiger partial charge on any atom is 0.410 e. The van der Waals surface area contributed by atoms with Gasteiger partial charge in [0, 0.05) is 7.05 Å². The first-order valence-electron chi connectivity index (χ1n) is 5.52. The lowest BCUT2D eigenvalue weighted by atomic mass is 10.0. The molecule has 0 aromatic rings. The lowest BCUT2D eigenvalue weighted by Gasteiger charge is -2.46. The molecule has 0 radical (unpaired) electrons. The van der Waals surface area contributed by atoms with Gasteiger partial charge in [0.05, 0.1) is 13.1 Å². The third-order valence-corrected chi connectivity index (χ3v) is 2.61. The minimum Gasteiger partial charge on any atom is -0.444 e. The van der Waals surface area contributed by atoms with Gasteiger partial charge < -0.3 is 15.0 Å². The number of hydrogen-bond acceptors (Lipinski definition) is 4. The summed E-state index contributed by atoms with van der Waals surface area (Å²) >= 11 is 0. The van der Waals surface area contributed by atoms with Crippen LogP contribution in [0, 0.1) is 0 Å². The molecular formula is C10H18N4O3. The number of carbonyl (C=O) groups excluding carboxylic acids is 2. The van der Waals surface area contributed by atoms with Crippen LogP contribution in [0.3, 0.4) is 0 Å². The maximum atomic E-state index is 11.7. The molecule has 2 fully saturated rings. The molecule has 2 saturated heterocycles. The molecule has 0 aromatic carbocycles. The van der Waals surface area contributed by atoms with Crippen LogP contribution >= 0.6 is 0 Å². The average Bonchev–Trinajstić information content (AvgIpc) is 2.37. The summed E-state index contributed by atoms with van der Waals surface area (Å²) in [6, 6.07) is -0.186. The molecule has 7 nitrogen and oxygen atoms in total. The molecule has 0 aromatic heterocycles. The van der Waals surface area contributed by atoms with Crippen molar-refractivity contribution in [3.8, 4) is 0 Å². The molecule has 0 unspecified atom stereocenters. The molecule has 2 aliphatic rings. The molecule has 0 aliphatic carbocycles. The van der Waals surface area contributed by atoms with Gasteiger partial charge in [0.15, 0.2) is 0 Å². The second-order valence-electron chi connectivity index (χ2n) is 5.52. The van der Waals surface area contributed by atoms with Gasteiger partial charge in [0.25, 0.3) is 0 Å². The van der Waals surface area contributed by atoms with Crippen LogP contribution in [0.25, 0.3) is 0 Å². The Bertz CT molecular complexity index is 357. The van der Waals surface area contributed by atoms with Crippen molar-refractivity contribution in [2.45, 2.75) is 32.0 Å². The van der Waals surface area contributed by atoms with Crippen molar-refractivity contribution in [3.05, 3.63) is 0 Å². The van der Waals surface area contributed by atoms with E-state index in [-0.39, 0.29) is 12.1 Å². The summed E-state index contributed by atoms with van der Waals surface area (Å²) < 4.78 is 5.23. The Hall–Kier alpha value is -1.50. The number of nitrogens with one attached hydrogen (secondary N) is 2. The first-order valence-corrected chi connectivity index (χ1v) is 5.52. The first-order chi connectivity index (χ1) is 7.71. The van der Waals surface area contributed by atoms with Crippen LogP contribution < -0.4 is 10.7 Å². The van der Waals surface area contributed by atoms with Gasteiger partial charge in [-0.1, -0.05) is 0 Å². The molecule has 1 spiro atoms. The number of hydrogen-bond donors (Lipinski definition) is 2. The third kappa shape index (κ3) is 2.28. The van der Waals surface area contributed by atoms with E-state index in [1.807, 2.05) is 20.8 Å². The van der Waals surface area contributed by atoms with Crippen molar-refractivity contribution in [2.24, 2.45) is 0 Å². The van der Waals surface area contributed by atoms with Crippen LogP contribution in [0.15, 0.2) is 0 Å². The SMILES string of the molecule is CN1NC2(CN(C(=O)OC(C)(C)C)C2)NC1=O. The lowest BCUT2D eigenvalue weighted by Crippen LogP contribution is -2.74. The molecule has 17 heavy (non-hydrogen) atoms. The van der Waals surface area contributed by atoms with E-state index in [2.05, 4.69) is 10.7 Å². The van der Waals surface area contributed by atoms with Crippen LogP contribution in [0.5, 0.6) is 0 Å². The van der Waals surface area contributed by atoms with Crippen LogP contribution in [-0.2, 0) is 4.74 Å². The first kappa shape index (κ1) is 12.0. The zero-order valence-corrected chi connectivity index (χ0v) is 10.5. The fraction of sp³-hybridized carbons (Fsp3) is 0.800. The van der Waals surface area contributed by atoms with E-state index in [9.17, 15) is 9.59 Å². The van der Waals surface area contributed by atoms with Crippen LogP contribution in [0.4, 0.5) is 9.59 Å². The van der Waals surface area contributed by atoms with E-state index in [1.54, 1.807) is 11.9 Å². The Morgan fingerprint density at radius 2 is 2.00 bits per heavy atom. The number of hydrazine groups is 1. The molecule has 2 N–H and O–H groups in total. The summed E-state index contributed by atoms with van der Waals surface area (Å²) in [6.07, 6.45) is -0.353. The van der Waals surface area contributed by atoms with Crippen molar-refractivity contribution >= 4 is 12.1 Å². The largest absolute Gasteiger partial charge is 0.444 e. The normalized spacial score (nSPS) is 22.5. The second-order valence-corrected chi connectivity index (χ2v) is 5.52. The summed E-state index contributed by atoms with van der Waals surface area (Å²) in [5.41, 5.74) is 1.98. The molecule has 2 heterocycles. The van der Waals surface area contributed by atoms with E-state index in [0.29, 0.717) is 13.1 Å². The highest BCUT2D eigenvalue weighted by Crippen LogP contribution is 2.24. The molecule has 96 valence electrons.